The van der Waals surface area contributed by atoms with Gasteiger partial charge in [-0.05, 0) is 12.1 Å². The van der Waals surface area contributed by atoms with Crippen molar-refractivity contribution in [3.8, 4) is 0 Å². The lowest BCUT2D eigenvalue weighted by atomic mass is 10.1. The Morgan fingerprint density at radius 1 is 1.47 bits per heavy atom. The average Bonchev–Trinajstić information content (AvgIpc) is 2.28. The van der Waals surface area contributed by atoms with Crippen molar-refractivity contribution in [2.24, 2.45) is 0 Å². The number of aromatic nitrogens is 1. The SMILES string of the molecule is O=C1Nc2cccnc2N2CCS(=O)(=O)CC12. The van der Waals surface area contributed by atoms with Gasteiger partial charge in [0.2, 0.25) is 5.91 Å². The Hall–Kier alpha value is -1.63. The molecule has 3 rings (SSSR count). The maximum Gasteiger partial charge on any atom is 0.248 e. The first-order valence-corrected chi connectivity index (χ1v) is 7.12. The molecule has 17 heavy (non-hydrogen) atoms. The quantitative estimate of drug-likeness (QED) is 0.683. The third kappa shape index (κ3) is 1.66. The Bertz CT molecular complexity index is 584. The number of nitrogens with one attached hydrogen (secondary N) is 1. The van der Waals surface area contributed by atoms with E-state index in [2.05, 4.69) is 10.3 Å². The molecule has 7 heteroatoms. The summed E-state index contributed by atoms with van der Waals surface area (Å²) in [5.41, 5.74) is 0.646. The van der Waals surface area contributed by atoms with E-state index < -0.39 is 15.9 Å². The molecule has 1 unspecified atom stereocenters. The summed E-state index contributed by atoms with van der Waals surface area (Å²) >= 11 is 0. The summed E-state index contributed by atoms with van der Waals surface area (Å²) in [7, 11) is -3.12. The molecule has 1 N–H and O–H groups in total. The average molecular weight is 253 g/mol. The van der Waals surface area contributed by atoms with Crippen LogP contribution < -0.4 is 10.2 Å². The molecule has 0 spiro atoms. The van der Waals surface area contributed by atoms with Gasteiger partial charge in [0.15, 0.2) is 15.7 Å². The van der Waals surface area contributed by atoms with Gasteiger partial charge in [0, 0.05) is 12.7 Å². The van der Waals surface area contributed by atoms with Crippen LogP contribution in [0.4, 0.5) is 11.5 Å². The van der Waals surface area contributed by atoms with Crippen LogP contribution in [0.15, 0.2) is 18.3 Å². The smallest absolute Gasteiger partial charge is 0.248 e. The molecular weight excluding hydrogens is 242 g/mol. The van der Waals surface area contributed by atoms with Crippen molar-refractivity contribution in [3.63, 3.8) is 0 Å². The van der Waals surface area contributed by atoms with Gasteiger partial charge in [0.05, 0.1) is 17.2 Å². The second-order valence-electron chi connectivity index (χ2n) is 4.19. The van der Waals surface area contributed by atoms with E-state index in [1.54, 1.807) is 23.2 Å². The third-order valence-corrected chi connectivity index (χ3v) is 4.68. The summed E-state index contributed by atoms with van der Waals surface area (Å²) in [6, 6.07) is 2.86. The van der Waals surface area contributed by atoms with Gasteiger partial charge in [-0.2, -0.15) is 0 Å². The lowest BCUT2D eigenvalue weighted by molar-refractivity contribution is -0.117. The van der Waals surface area contributed by atoms with Gasteiger partial charge in [-0.15, -0.1) is 0 Å². The van der Waals surface area contributed by atoms with Crippen LogP contribution in [-0.2, 0) is 14.6 Å². The predicted molar refractivity (Wildman–Crippen MR) is 62.7 cm³/mol. The van der Waals surface area contributed by atoms with E-state index in [1.807, 2.05) is 0 Å². The van der Waals surface area contributed by atoms with Crippen LogP contribution in [0, 0.1) is 0 Å². The first-order chi connectivity index (χ1) is 8.07. The van der Waals surface area contributed by atoms with Crippen molar-refractivity contribution in [3.05, 3.63) is 18.3 Å². The summed E-state index contributed by atoms with van der Waals surface area (Å²) in [5, 5.41) is 2.69. The number of carbonyl (C=O) groups excluding carboxylic acids is 1. The molecule has 1 amide bonds. The molecule has 90 valence electrons. The number of nitrogens with zero attached hydrogens (tertiary/aromatic N) is 2. The van der Waals surface area contributed by atoms with Gasteiger partial charge in [-0.3, -0.25) is 4.79 Å². The molecule has 0 radical (unpaired) electrons. The topological polar surface area (TPSA) is 79.4 Å². The van der Waals surface area contributed by atoms with Gasteiger partial charge >= 0.3 is 0 Å². The zero-order valence-corrected chi connectivity index (χ0v) is 9.77. The van der Waals surface area contributed by atoms with Crippen molar-refractivity contribution in [2.45, 2.75) is 6.04 Å². The highest BCUT2D eigenvalue weighted by atomic mass is 32.2. The maximum absolute atomic E-state index is 11.8. The lowest BCUT2D eigenvalue weighted by Gasteiger charge is -2.39. The van der Waals surface area contributed by atoms with Crippen LogP contribution in [-0.4, -0.2) is 43.4 Å². The predicted octanol–water partition coefficient (Wildman–Crippen LogP) is -0.363. The van der Waals surface area contributed by atoms with Crippen molar-refractivity contribution < 1.29 is 13.2 Å². The number of rotatable bonds is 0. The van der Waals surface area contributed by atoms with Crippen molar-refractivity contribution in [1.29, 1.82) is 0 Å². The number of pyridine rings is 1. The van der Waals surface area contributed by atoms with Crippen LogP contribution in [0.5, 0.6) is 0 Å². The Morgan fingerprint density at radius 3 is 3.12 bits per heavy atom. The highest BCUT2D eigenvalue weighted by Gasteiger charge is 2.40. The minimum atomic E-state index is -3.12. The van der Waals surface area contributed by atoms with Crippen LogP contribution in [0.25, 0.3) is 0 Å². The normalized spacial score (nSPS) is 25.8. The molecule has 2 aliphatic heterocycles. The van der Waals surface area contributed by atoms with E-state index in [0.717, 1.165) is 0 Å². The van der Waals surface area contributed by atoms with Crippen LogP contribution >= 0.6 is 0 Å². The molecule has 1 aromatic heterocycles. The van der Waals surface area contributed by atoms with Crippen LogP contribution in [0.1, 0.15) is 0 Å². The molecule has 3 heterocycles. The van der Waals surface area contributed by atoms with E-state index in [0.29, 0.717) is 18.1 Å². The molecule has 1 atom stereocenters. The number of carbonyl (C=O) groups is 1. The standard InChI is InChI=1S/C10H11N3O3S/c14-10-8-6-17(15,16)5-4-13(8)9-7(12-10)2-1-3-11-9/h1-3,8H,4-6H2,(H,12,14). The monoisotopic (exact) mass is 253 g/mol. The summed E-state index contributed by atoms with van der Waals surface area (Å²) in [5.74, 6) is 0.336. The van der Waals surface area contributed by atoms with Gasteiger partial charge in [-0.25, -0.2) is 13.4 Å². The molecule has 0 aliphatic carbocycles. The van der Waals surface area contributed by atoms with Crippen molar-refractivity contribution in [2.75, 3.05) is 28.3 Å². The van der Waals surface area contributed by atoms with Crippen molar-refractivity contribution >= 4 is 27.2 Å². The van der Waals surface area contributed by atoms with Gasteiger partial charge in [-0.1, -0.05) is 0 Å². The van der Waals surface area contributed by atoms with E-state index >= 15 is 0 Å². The number of hydrogen-bond acceptors (Lipinski definition) is 5. The van der Waals surface area contributed by atoms with Crippen LogP contribution in [0.2, 0.25) is 0 Å². The maximum atomic E-state index is 11.8. The highest BCUT2D eigenvalue weighted by molar-refractivity contribution is 7.91. The number of amides is 1. The minimum Gasteiger partial charge on any atom is -0.341 e. The van der Waals surface area contributed by atoms with E-state index in [-0.39, 0.29) is 17.4 Å². The van der Waals surface area contributed by atoms with E-state index in [9.17, 15) is 13.2 Å². The number of hydrogen-bond donors (Lipinski definition) is 1. The largest absolute Gasteiger partial charge is 0.341 e. The fourth-order valence-electron chi connectivity index (χ4n) is 2.22. The first kappa shape index (κ1) is 10.5. The van der Waals surface area contributed by atoms with Crippen molar-refractivity contribution in [1.82, 2.24) is 4.98 Å². The number of fused-ring (bicyclic) bond motifs is 3. The number of anilines is 2. The molecule has 6 nitrogen and oxygen atoms in total. The molecule has 1 aromatic rings. The van der Waals surface area contributed by atoms with Gasteiger partial charge in [0.25, 0.3) is 0 Å². The number of sulfone groups is 1. The Morgan fingerprint density at radius 2 is 2.29 bits per heavy atom. The second kappa shape index (κ2) is 3.43. The molecule has 1 saturated heterocycles. The minimum absolute atomic E-state index is 0.0762. The van der Waals surface area contributed by atoms with Gasteiger partial charge < -0.3 is 10.2 Å². The zero-order valence-electron chi connectivity index (χ0n) is 8.96. The summed E-state index contributed by atoms with van der Waals surface area (Å²) < 4.78 is 23.1. The fraction of sp³-hybridized carbons (Fsp3) is 0.400. The van der Waals surface area contributed by atoms with E-state index in [1.165, 1.54) is 0 Å². The summed E-state index contributed by atoms with van der Waals surface area (Å²) in [6.07, 6.45) is 1.64. The molecular formula is C10H11N3O3S. The fourth-order valence-corrected chi connectivity index (χ4v) is 3.67. The first-order valence-electron chi connectivity index (χ1n) is 5.30. The Kier molecular flexibility index (Phi) is 2.12. The van der Waals surface area contributed by atoms with Gasteiger partial charge in [0.1, 0.15) is 6.04 Å². The second-order valence-corrected chi connectivity index (χ2v) is 6.42. The molecule has 0 saturated carbocycles. The molecule has 1 fully saturated rings. The molecule has 2 aliphatic rings. The summed E-state index contributed by atoms with van der Waals surface area (Å²) in [6.45, 7) is 0.324. The third-order valence-electron chi connectivity index (χ3n) is 3.05. The Labute approximate surface area is 98.6 Å². The molecule has 0 aromatic carbocycles. The Balaban J connectivity index is 2.06. The molecule has 0 bridgehead atoms. The zero-order chi connectivity index (χ0) is 12.0. The lowest BCUT2D eigenvalue weighted by Crippen LogP contribution is -2.57. The summed E-state index contributed by atoms with van der Waals surface area (Å²) in [4.78, 5) is 17.8. The van der Waals surface area contributed by atoms with Crippen LogP contribution in [0.3, 0.4) is 0 Å². The highest BCUT2D eigenvalue weighted by Crippen LogP contribution is 2.31. The van der Waals surface area contributed by atoms with E-state index in [4.69, 9.17) is 0 Å².